The lowest BCUT2D eigenvalue weighted by Crippen LogP contribution is -2.22. The van der Waals surface area contributed by atoms with Gasteiger partial charge in [0.15, 0.2) is 11.6 Å². The van der Waals surface area contributed by atoms with E-state index in [2.05, 4.69) is 10.3 Å². The number of rotatable bonds is 3. The molecule has 1 heterocycles. The number of aromatic amines is 1. The number of carbonyl (C=O) groups is 2. The normalized spacial score (nSPS) is 10.7. The van der Waals surface area contributed by atoms with Crippen molar-refractivity contribution in [2.45, 2.75) is 0 Å². The minimum absolute atomic E-state index is 0.0138. The van der Waals surface area contributed by atoms with Crippen LogP contribution >= 0.6 is 11.6 Å². The zero-order valence-corrected chi connectivity index (χ0v) is 12.2. The van der Waals surface area contributed by atoms with Gasteiger partial charge in [-0.2, -0.15) is 0 Å². The molecule has 0 fully saturated rings. The van der Waals surface area contributed by atoms with Crippen molar-refractivity contribution in [3.63, 3.8) is 0 Å². The van der Waals surface area contributed by atoms with Gasteiger partial charge in [-0.05, 0) is 30.3 Å². The molecule has 0 aliphatic rings. The Labute approximate surface area is 134 Å². The third-order valence-electron chi connectivity index (χ3n) is 3.27. The summed E-state index contributed by atoms with van der Waals surface area (Å²) in [5.74, 6) is -3.94. The lowest BCUT2D eigenvalue weighted by atomic mass is 10.1. The number of hydrogen-bond donors (Lipinski definition) is 2. The fourth-order valence-corrected chi connectivity index (χ4v) is 2.34. The van der Waals surface area contributed by atoms with E-state index in [1.54, 1.807) is 18.2 Å². The summed E-state index contributed by atoms with van der Waals surface area (Å²) in [7, 11) is 0. The Morgan fingerprint density at radius 3 is 2.57 bits per heavy atom. The summed E-state index contributed by atoms with van der Waals surface area (Å²) in [6.07, 6.45) is 1.40. The van der Waals surface area contributed by atoms with Gasteiger partial charge in [0.05, 0.1) is 5.56 Å². The summed E-state index contributed by atoms with van der Waals surface area (Å²) in [5, 5.41) is 3.16. The Hall–Kier alpha value is -2.73. The summed E-state index contributed by atoms with van der Waals surface area (Å²) in [6.45, 7) is 0. The lowest BCUT2D eigenvalue weighted by Gasteiger charge is -2.04. The Morgan fingerprint density at radius 2 is 1.83 bits per heavy atom. The molecule has 4 nitrogen and oxygen atoms in total. The molecule has 23 heavy (non-hydrogen) atoms. The zero-order chi connectivity index (χ0) is 16.6. The molecule has 1 aromatic heterocycles. The van der Waals surface area contributed by atoms with Gasteiger partial charge in [-0.1, -0.05) is 11.6 Å². The minimum atomic E-state index is -1.12. The van der Waals surface area contributed by atoms with Gasteiger partial charge in [-0.15, -0.1) is 0 Å². The van der Waals surface area contributed by atoms with E-state index in [4.69, 9.17) is 11.6 Å². The first-order chi connectivity index (χ1) is 11.0. The van der Waals surface area contributed by atoms with E-state index in [9.17, 15) is 18.4 Å². The molecule has 0 aliphatic heterocycles. The van der Waals surface area contributed by atoms with Gasteiger partial charge in [0.1, 0.15) is 0 Å². The van der Waals surface area contributed by atoms with Crippen LogP contribution in [0.25, 0.3) is 10.9 Å². The largest absolute Gasteiger partial charge is 0.360 e. The molecular formula is C16H9ClF2N2O2. The summed E-state index contributed by atoms with van der Waals surface area (Å²) in [6, 6.07) is 7.71. The van der Waals surface area contributed by atoms with E-state index < -0.39 is 23.3 Å². The van der Waals surface area contributed by atoms with Gasteiger partial charge in [-0.25, -0.2) is 8.78 Å². The van der Waals surface area contributed by atoms with E-state index in [1.807, 2.05) is 0 Å². The Bertz CT molecular complexity index is 937. The average Bonchev–Trinajstić information content (AvgIpc) is 2.93. The van der Waals surface area contributed by atoms with Crippen LogP contribution in [0.3, 0.4) is 0 Å². The van der Waals surface area contributed by atoms with Crippen LogP contribution in [-0.4, -0.2) is 16.7 Å². The van der Waals surface area contributed by atoms with E-state index >= 15 is 0 Å². The van der Waals surface area contributed by atoms with Crippen LogP contribution in [-0.2, 0) is 4.79 Å². The molecule has 2 aromatic carbocycles. The van der Waals surface area contributed by atoms with Crippen molar-refractivity contribution in [1.29, 1.82) is 0 Å². The molecule has 0 saturated heterocycles. The van der Waals surface area contributed by atoms with Crippen molar-refractivity contribution in [1.82, 2.24) is 4.98 Å². The number of Topliss-reactive ketones (excluding diaryl/α,β-unsaturated/α-hetero) is 1. The summed E-state index contributed by atoms with van der Waals surface area (Å²) < 4.78 is 26.0. The topological polar surface area (TPSA) is 62.0 Å². The molecule has 0 atom stereocenters. The highest BCUT2D eigenvalue weighted by Crippen LogP contribution is 2.23. The maximum Gasteiger partial charge on any atom is 0.296 e. The number of H-pyrrole nitrogens is 1. The van der Waals surface area contributed by atoms with Crippen molar-refractivity contribution in [2.75, 3.05) is 5.32 Å². The predicted octanol–water partition coefficient (Wildman–Crippen LogP) is 3.92. The van der Waals surface area contributed by atoms with Gasteiger partial charge < -0.3 is 10.3 Å². The number of anilines is 1. The van der Waals surface area contributed by atoms with Crippen LogP contribution in [0.2, 0.25) is 5.02 Å². The first kappa shape index (κ1) is 15.2. The fourth-order valence-electron chi connectivity index (χ4n) is 2.16. The summed E-state index contributed by atoms with van der Waals surface area (Å²) in [5.41, 5.74) is 0.779. The van der Waals surface area contributed by atoms with Gasteiger partial charge in [-0.3, -0.25) is 9.59 Å². The number of ketones is 1. The number of fused-ring (bicyclic) bond motifs is 1. The summed E-state index contributed by atoms with van der Waals surface area (Å²) >= 11 is 5.89. The third kappa shape index (κ3) is 2.93. The van der Waals surface area contributed by atoms with Crippen LogP contribution < -0.4 is 5.32 Å². The van der Waals surface area contributed by atoms with Gasteiger partial charge >= 0.3 is 0 Å². The van der Waals surface area contributed by atoms with Crippen molar-refractivity contribution in [2.24, 2.45) is 0 Å². The van der Waals surface area contributed by atoms with E-state index in [0.717, 1.165) is 18.2 Å². The first-order valence-corrected chi connectivity index (χ1v) is 6.91. The van der Waals surface area contributed by atoms with Crippen molar-refractivity contribution < 1.29 is 18.4 Å². The third-order valence-corrected chi connectivity index (χ3v) is 3.51. The molecule has 0 bridgehead atoms. The van der Waals surface area contributed by atoms with Crippen LogP contribution in [0.4, 0.5) is 14.5 Å². The Morgan fingerprint density at radius 1 is 1.04 bits per heavy atom. The predicted molar refractivity (Wildman–Crippen MR) is 82.6 cm³/mol. The second kappa shape index (κ2) is 5.81. The van der Waals surface area contributed by atoms with Crippen molar-refractivity contribution in [3.05, 3.63) is 64.8 Å². The molecule has 0 aliphatic carbocycles. The number of amides is 1. The maximum absolute atomic E-state index is 13.1. The fraction of sp³-hybridized carbons (Fsp3) is 0. The lowest BCUT2D eigenvalue weighted by molar-refractivity contribution is -0.112. The number of halogens is 3. The highest BCUT2D eigenvalue weighted by Gasteiger charge is 2.20. The SMILES string of the molecule is O=C(Nc1ccc(F)c(F)c1)C(=O)c1c[nH]c2ccc(Cl)cc12. The smallest absolute Gasteiger partial charge is 0.296 e. The van der Waals surface area contributed by atoms with E-state index in [0.29, 0.717) is 15.9 Å². The summed E-state index contributed by atoms with van der Waals surface area (Å²) in [4.78, 5) is 27.1. The number of nitrogens with one attached hydrogen (secondary N) is 2. The second-order valence-corrected chi connectivity index (χ2v) is 5.24. The molecule has 3 aromatic rings. The van der Waals surface area contributed by atoms with Gasteiger partial charge in [0.2, 0.25) is 0 Å². The Balaban J connectivity index is 1.87. The van der Waals surface area contributed by atoms with Crippen LogP contribution in [0.1, 0.15) is 10.4 Å². The Kier molecular flexibility index (Phi) is 3.83. The standard InChI is InChI=1S/C16H9ClF2N2O2/c17-8-1-4-14-10(5-8)11(7-20-14)15(22)16(23)21-9-2-3-12(18)13(19)6-9/h1-7,20H,(H,21,23). The molecule has 0 saturated carbocycles. The number of carbonyl (C=O) groups excluding carboxylic acids is 2. The molecule has 1 amide bonds. The van der Waals surface area contributed by atoms with Gasteiger partial charge in [0, 0.05) is 33.9 Å². The molecule has 0 unspecified atom stereocenters. The molecule has 3 rings (SSSR count). The average molecular weight is 335 g/mol. The number of aromatic nitrogens is 1. The van der Waals surface area contributed by atoms with Crippen LogP contribution in [0.15, 0.2) is 42.6 Å². The number of benzene rings is 2. The van der Waals surface area contributed by atoms with Gasteiger partial charge in [0.25, 0.3) is 11.7 Å². The molecule has 0 radical (unpaired) electrons. The van der Waals surface area contributed by atoms with Crippen molar-refractivity contribution >= 4 is 39.9 Å². The molecule has 7 heteroatoms. The first-order valence-electron chi connectivity index (χ1n) is 6.53. The molecule has 2 N–H and O–H groups in total. The molecular weight excluding hydrogens is 326 g/mol. The monoisotopic (exact) mass is 334 g/mol. The van der Waals surface area contributed by atoms with E-state index in [-0.39, 0.29) is 11.3 Å². The van der Waals surface area contributed by atoms with Crippen LogP contribution in [0.5, 0.6) is 0 Å². The van der Waals surface area contributed by atoms with E-state index in [1.165, 1.54) is 6.20 Å². The quantitative estimate of drug-likeness (QED) is 0.563. The van der Waals surface area contributed by atoms with Crippen LogP contribution in [0, 0.1) is 11.6 Å². The highest BCUT2D eigenvalue weighted by atomic mass is 35.5. The number of hydrogen-bond acceptors (Lipinski definition) is 2. The van der Waals surface area contributed by atoms with Crippen molar-refractivity contribution in [3.8, 4) is 0 Å². The second-order valence-electron chi connectivity index (χ2n) is 4.80. The highest BCUT2D eigenvalue weighted by molar-refractivity contribution is 6.48. The zero-order valence-electron chi connectivity index (χ0n) is 11.5. The minimum Gasteiger partial charge on any atom is -0.360 e. The molecule has 116 valence electrons. The maximum atomic E-state index is 13.1. The molecule has 0 spiro atoms.